The van der Waals surface area contributed by atoms with Crippen molar-refractivity contribution in [1.29, 1.82) is 0 Å². The van der Waals surface area contributed by atoms with Crippen molar-refractivity contribution >= 4 is 17.1 Å². The number of Topliss-reactive ketones (excluding diaryl/α,β-unsaturated/α-hetero) is 1. The third-order valence-electron chi connectivity index (χ3n) is 2.06. The lowest BCUT2D eigenvalue weighted by atomic mass is 10.1. The molecule has 0 aliphatic heterocycles. The van der Waals surface area contributed by atoms with Gasteiger partial charge in [-0.05, 0) is 30.4 Å². The first-order valence-corrected chi connectivity index (χ1v) is 5.37. The minimum atomic E-state index is -0.438. The first-order chi connectivity index (χ1) is 6.66. The van der Waals surface area contributed by atoms with Crippen LogP contribution in [0.4, 0.5) is 0 Å². The molecular formula is C10H15NO2S. The zero-order valence-corrected chi connectivity index (χ0v) is 9.26. The Morgan fingerprint density at radius 3 is 2.93 bits per heavy atom. The van der Waals surface area contributed by atoms with E-state index in [1.165, 1.54) is 11.3 Å². The van der Waals surface area contributed by atoms with Gasteiger partial charge in [0.1, 0.15) is 0 Å². The second-order valence-corrected chi connectivity index (χ2v) is 4.10. The second-order valence-electron chi connectivity index (χ2n) is 3.18. The third kappa shape index (κ3) is 2.64. The van der Waals surface area contributed by atoms with Crippen molar-refractivity contribution in [2.24, 2.45) is 5.73 Å². The van der Waals surface area contributed by atoms with E-state index in [0.29, 0.717) is 13.0 Å². The van der Waals surface area contributed by atoms with Crippen LogP contribution in [0.5, 0.6) is 0 Å². The molecule has 0 aliphatic rings. The molecule has 1 atom stereocenters. The van der Waals surface area contributed by atoms with Gasteiger partial charge in [0, 0.05) is 13.7 Å². The first kappa shape index (κ1) is 11.4. The summed E-state index contributed by atoms with van der Waals surface area (Å²) in [5, 5.41) is 1.91. The molecule has 0 bridgehead atoms. The van der Waals surface area contributed by atoms with Crippen molar-refractivity contribution in [2.45, 2.75) is 19.4 Å². The van der Waals surface area contributed by atoms with Gasteiger partial charge >= 0.3 is 0 Å². The molecule has 0 spiro atoms. The van der Waals surface area contributed by atoms with Gasteiger partial charge in [-0.15, -0.1) is 11.3 Å². The molecule has 1 heterocycles. The Hall–Kier alpha value is -0.710. The number of carbonyl (C=O) groups is 1. The Balaban J connectivity index is 2.61. The number of hydrogen-bond acceptors (Lipinski definition) is 4. The molecule has 1 aromatic heterocycles. The molecule has 1 rings (SSSR count). The van der Waals surface area contributed by atoms with E-state index in [1.54, 1.807) is 7.11 Å². The fraction of sp³-hybridized carbons (Fsp3) is 0.500. The molecule has 14 heavy (non-hydrogen) atoms. The maximum Gasteiger partial charge on any atom is 0.189 e. The molecule has 78 valence electrons. The highest BCUT2D eigenvalue weighted by Crippen LogP contribution is 2.17. The maximum absolute atomic E-state index is 11.8. The van der Waals surface area contributed by atoms with Crippen molar-refractivity contribution in [1.82, 2.24) is 0 Å². The van der Waals surface area contributed by atoms with E-state index >= 15 is 0 Å². The van der Waals surface area contributed by atoms with Crippen LogP contribution in [0.25, 0.3) is 0 Å². The van der Waals surface area contributed by atoms with Gasteiger partial charge in [-0.25, -0.2) is 0 Å². The highest BCUT2D eigenvalue weighted by atomic mass is 32.1. The number of ketones is 1. The Bertz CT molecular complexity index is 309. The smallest absolute Gasteiger partial charge is 0.189 e. The van der Waals surface area contributed by atoms with E-state index in [-0.39, 0.29) is 5.78 Å². The summed E-state index contributed by atoms with van der Waals surface area (Å²) in [6.45, 7) is 2.45. The monoisotopic (exact) mass is 213 g/mol. The summed E-state index contributed by atoms with van der Waals surface area (Å²) in [4.78, 5) is 12.5. The molecule has 0 aromatic carbocycles. The second kappa shape index (κ2) is 5.24. The zero-order chi connectivity index (χ0) is 10.6. The largest absolute Gasteiger partial charge is 0.385 e. The SMILES string of the molecule is COCCC(N)C(=O)c1sccc1C. The molecule has 1 unspecified atom stereocenters. The standard InChI is InChI=1S/C10H15NO2S/c1-7-4-6-14-10(7)9(12)8(11)3-5-13-2/h4,6,8H,3,5,11H2,1-2H3. The number of ether oxygens (including phenoxy) is 1. The Morgan fingerprint density at radius 2 is 2.43 bits per heavy atom. The number of hydrogen-bond donors (Lipinski definition) is 1. The summed E-state index contributed by atoms with van der Waals surface area (Å²) in [7, 11) is 1.60. The van der Waals surface area contributed by atoms with Crippen LogP contribution in [0.2, 0.25) is 0 Å². The number of rotatable bonds is 5. The summed E-state index contributed by atoms with van der Waals surface area (Å²) >= 11 is 1.45. The number of methoxy groups -OCH3 is 1. The van der Waals surface area contributed by atoms with Gasteiger partial charge in [-0.1, -0.05) is 0 Å². The molecule has 0 radical (unpaired) electrons. The van der Waals surface area contributed by atoms with E-state index < -0.39 is 6.04 Å². The summed E-state index contributed by atoms with van der Waals surface area (Å²) in [5.74, 6) is 0.0227. The van der Waals surface area contributed by atoms with Crippen molar-refractivity contribution in [3.63, 3.8) is 0 Å². The van der Waals surface area contributed by atoms with Gasteiger partial charge < -0.3 is 10.5 Å². The van der Waals surface area contributed by atoms with Crippen molar-refractivity contribution in [2.75, 3.05) is 13.7 Å². The van der Waals surface area contributed by atoms with Crippen LogP contribution in [0, 0.1) is 6.92 Å². The van der Waals surface area contributed by atoms with E-state index in [1.807, 2.05) is 18.4 Å². The molecule has 3 nitrogen and oxygen atoms in total. The van der Waals surface area contributed by atoms with Crippen LogP contribution >= 0.6 is 11.3 Å². The van der Waals surface area contributed by atoms with Gasteiger partial charge in [0.25, 0.3) is 0 Å². The maximum atomic E-state index is 11.8. The average molecular weight is 213 g/mol. The molecule has 0 saturated heterocycles. The van der Waals surface area contributed by atoms with Crippen molar-refractivity contribution in [3.05, 3.63) is 21.9 Å². The number of nitrogens with two attached hydrogens (primary N) is 1. The summed E-state index contributed by atoms with van der Waals surface area (Å²) < 4.78 is 4.88. The Kier molecular flexibility index (Phi) is 4.25. The summed E-state index contributed by atoms with van der Waals surface area (Å²) in [5.41, 5.74) is 6.75. The zero-order valence-electron chi connectivity index (χ0n) is 8.45. The van der Waals surface area contributed by atoms with Gasteiger partial charge in [-0.2, -0.15) is 0 Å². The van der Waals surface area contributed by atoms with E-state index in [0.717, 1.165) is 10.4 Å². The van der Waals surface area contributed by atoms with Crippen LogP contribution in [0.3, 0.4) is 0 Å². The van der Waals surface area contributed by atoms with Gasteiger partial charge in [0.05, 0.1) is 10.9 Å². The lowest BCUT2D eigenvalue weighted by molar-refractivity contribution is 0.0939. The van der Waals surface area contributed by atoms with Crippen LogP contribution in [-0.2, 0) is 4.74 Å². The molecule has 1 aromatic rings. The number of carbonyl (C=O) groups excluding carboxylic acids is 1. The van der Waals surface area contributed by atoms with Gasteiger partial charge in [0.2, 0.25) is 0 Å². The summed E-state index contributed by atoms with van der Waals surface area (Å²) in [6, 6.07) is 1.49. The number of aryl methyl sites for hydroxylation is 1. The fourth-order valence-corrected chi connectivity index (χ4v) is 2.10. The lowest BCUT2D eigenvalue weighted by Gasteiger charge is -2.08. The quantitative estimate of drug-likeness (QED) is 0.756. The highest BCUT2D eigenvalue weighted by Gasteiger charge is 2.18. The van der Waals surface area contributed by atoms with E-state index in [4.69, 9.17) is 10.5 Å². The lowest BCUT2D eigenvalue weighted by Crippen LogP contribution is -2.31. The molecule has 0 saturated carbocycles. The topological polar surface area (TPSA) is 52.3 Å². The van der Waals surface area contributed by atoms with E-state index in [9.17, 15) is 4.79 Å². The van der Waals surface area contributed by atoms with Crippen molar-refractivity contribution < 1.29 is 9.53 Å². The third-order valence-corrected chi connectivity index (χ3v) is 3.09. The fourth-order valence-electron chi connectivity index (χ4n) is 1.17. The molecule has 0 amide bonds. The van der Waals surface area contributed by atoms with Crippen LogP contribution in [0.1, 0.15) is 21.7 Å². The minimum Gasteiger partial charge on any atom is -0.385 e. The Morgan fingerprint density at radius 1 is 1.71 bits per heavy atom. The molecule has 2 N–H and O–H groups in total. The first-order valence-electron chi connectivity index (χ1n) is 4.49. The molecule has 4 heteroatoms. The Labute approximate surface area is 87.9 Å². The molecular weight excluding hydrogens is 198 g/mol. The normalized spacial score (nSPS) is 12.8. The molecule has 0 fully saturated rings. The predicted octanol–water partition coefficient (Wildman–Crippen LogP) is 1.60. The minimum absolute atomic E-state index is 0.0227. The predicted molar refractivity (Wildman–Crippen MR) is 57.9 cm³/mol. The average Bonchev–Trinajstić information content (AvgIpc) is 2.59. The van der Waals surface area contributed by atoms with Crippen LogP contribution < -0.4 is 5.73 Å². The molecule has 0 aliphatic carbocycles. The van der Waals surface area contributed by atoms with Crippen LogP contribution in [0.15, 0.2) is 11.4 Å². The highest BCUT2D eigenvalue weighted by molar-refractivity contribution is 7.12. The van der Waals surface area contributed by atoms with E-state index in [2.05, 4.69) is 0 Å². The van der Waals surface area contributed by atoms with Crippen molar-refractivity contribution in [3.8, 4) is 0 Å². The van der Waals surface area contributed by atoms with Gasteiger partial charge in [0.15, 0.2) is 5.78 Å². The number of thiophene rings is 1. The van der Waals surface area contributed by atoms with Gasteiger partial charge in [-0.3, -0.25) is 4.79 Å². The summed E-state index contributed by atoms with van der Waals surface area (Å²) in [6.07, 6.45) is 0.576. The van der Waals surface area contributed by atoms with Crippen LogP contribution in [-0.4, -0.2) is 25.5 Å².